The highest BCUT2D eigenvalue weighted by Crippen LogP contribution is 2.55. The van der Waals surface area contributed by atoms with Crippen molar-refractivity contribution in [2.24, 2.45) is 0 Å². The molecule has 0 N–H and O–H groups in total. The summed E-state index contributed by atoms with van der Waals surface area (Å²) in [5.41, 5.74) is 7.92. The summed E-state index contributed by atoms with van der Waals surface area (Å²) in [6.07, 6.45) is 4.09. The molecule has 1 aliphatic heterocycles. The van der Waals surface area contributed by atoms with Crippen molar-refractivity contribution in [1.82, 2.24) is 0 Å². The lowest BCUT2D eigenvalue weighted by atomic mass is 9.76. The summed E-state index contributed by atoms with van der Waals surface area (Å²) in [6, 6.07) is 57.7. The highest BCUT2D eigenvalue weighted by atomic mass is 31.1. The van der Waals surface area contributed by atoms with Gasteiger partial charge in [-0.15, -0.1) is 0 Å². The number of fused-ring (bicyclic) bond motifs is 2. The lowest BCUT2D eigenvalue weighted by molar-refractivity contribution is 0.424. The Balaban J connectivity index is 1.33. The molecule has 0 amide bonds. The fraction of sp³-hybridized carbons (Fsp3) is 0.163. The van der Waals surface area contributed by atoms with Crippen LogP contribution in [0.25, 0.3) is 0 Å². The predicted octanol–water partition coefficient (Wildman–Crippen LogP) is 11.1. The number of hydrogen-bond acceptors (Lipinski definition) is 1. The summed E-state index contributed by atoms with van der Waals surface area (Å²) in [4.78, 5) is 0. The molecule has 7 rings (SSSR count). The Morgan fingerprint density at radius 1 is 0.391 bits per heavy atom. The van der Waals surface area contributed by atoms with Gasteiger partial charge in [0.15, 0.2) is 0 Å². The normalized spacial score (nSPS) is 13.2. The molecule has 0 fully saturated rings. The smallest absolute Gasteiger partial charge is 0.139 e. The Morgan fingerprint density at radius 3 is 1.00 bits per heavy atom. The maximum atomic E-state index is 7.32. The first-order valence-corrected chi connectivity index (χ1v) is 19.6. The van der Waals surface area contributed by atoms with Crippen LogP contribution in [0.15, 0.2) is 158 Å². The molecular formula is C43H40OP2. The van der Waals surface area contributed by atoms with Crippen LogP contribution in [0.2, 0.25) is 0 Å². The highest BCUT2D eigenvalue weighted by molar-refractivity contribution is 7.64. The van der Waals surface area contributed by atoms with Crippen molar-refractivity contribution in [1.29, 1.82) is 0 Å². The number of rotatable bonds is 10. The molecule has 1 heterocycles. The van der Waals surface area contributed by atoms with Crippen LogP contribution in [0.3, 0.4) is 0 Å². The Morgan fingerprint density at radius 2 is 0.696 bits per heavy atom. The molecule has 0 aromatic heterocycles. The first kappa shape index (κ1) is 30.6. The molecular weight excluding hydrogens is 594 g/mol. The molecule has 1 aliphatic rings. The third kappa shape index (κ3) is 6.59. The van der Waals surface area contributed by atoms with Crippen LogP contribution in [0, 0.1) is 0 Å². The van der Waals surface area contributed by atoms with E-state index in [0.717, 1.165) is 36.1 Å². The Hall–Kier alpha value is -4.02. The quantitative estimate of drug-likeness (QED) is 0.136. The van der Waals surface area contributed by atoms with Gasteiger partial charge in [0.05, 0.1) is 0 Å². The molecule has 0 atom stereocenters. The number of ether oxygens (including phenoxy) is 1. The van der Waals surface area contributed by atoms with Gasteiger partial charge in [0.2, 0.25) is 0 Å². The van der Waals surface area contributed by atoms with E-state index in [4.69, 9.17) is 4.74 Å². The van der Waals surface area contributed by atoms with Gasteiger partial charge in [-0.3, -0.25) is 0 Å². The van der Waals surface area contributed by atoms with Crippen molar-refractivity contribution in [3.05, 3.63) is 191 Å². The molecule has 0 spiro atoms. The lowest BCUT2D eigenvalue weighted by Crippen LogP contribution is -2.30. The van der Waals surface area contributed by atoms with E-state index in [1.165, 1.54) is 44.0 Å². The SMILES string of the molecule is CC1(C)c2cccc(P(Cc3ccccc3)Cc3ccccc3)c2Oc2c(P(Cc3ccccc3)Cc3ccccc3)cccc21. The summed E-state index contributed by atoms with van der Waals surface area (Å²) in [6.45, 7) is 4.77. The maximum absolute atomic E-state index is 7.32. The van der Waals surface area contributed by atoms with E-state index in [2.05, 4.69) is 172 Å². The van der Waals surface area contributed by atoms with Gasteiger partial charge in [-0.1, -0.05) is 187 Å². The Kier molecular flexibility index (Phi) is 9.16. The molecule has 0 radical (unpaired) electrons. The van der Waals surface area contributed by atoms with Gasteiger partial charge in [0, 0.05) is 27.2 Å². The zero-order valence-corrected chi connectivity index (χ0v) is 28.4. The van der Waals surface area contributed by atoms with Gasteiger partial charge in [0.1, 0.15) is 11.5 Å². The van der Waals surface area contributed by atoms with Crippen molar-refractivity contribution in [2.75, 3.05) is 0 Å². The molecule has 1 nitrogen and oxygen atoms in total. The average molecular weight is 635 g/mol. The zero-order valence-electron chi connectivity index (χ0n) is 26.6. The molecule has 228 valence electrons. The largest absolute Gasteiger partial charge is 0.455 e. The third-order valence-corrected chi connectivity index (χ3v) is 14.1. The van der Waals surface area contributed by atoms with Crippen LogP contribution in [0.4, 0.5) is 0 Å². The van der Waals surface area contributed by atoms with Gasteiger partial charge >= 0.3 is 0 Å². The van der Waals surface area contributed by atoms with Crippen molar-refractivity contribution in [2.45, 2.75) is 43.9 Å². The van der Waals surface area contributed by atoms with Crippen molar-refractivity contribution >= 4 is 26.5 Å². The van der Waals surface area contributed by atoms with E-state index in [0.29, 0.717) is 0 Å². The molecule has 6 aromatic carbocycles. The fourth-order valence-corrected chi connectivity index (χ4v) is 11.7. The minimum Gasteiger partial charge on any atom is -0.455 e. The minimum atomic E-state index is -0.578. The summed E-state index contributed by atoms with van der Waals surface area (Å²) in [5.74, 6) is 2.17. The molecule has 46 heavy (non-hydrogen) atoms. The van der Waals surface area contributed by atoms with Gasteiger partial charge in [-0.05, 0) is 46.9 Å². The Labute approximate surface area is 276 Å². The van der Waals surface area contributed by atoms with Gasteiger partial charge in [-0.2, -0.15) is 0 Å². The highest BCUT2D eigenvalue weighted by Gasteiger charge is 2.38. The summed E-state index contributed by atoms with van der Waals surface area (Å²) in [7, 11) is -1.16. The summed E-state index contributed by atoms with van der Waals surface area (Å²) < 4.78 is 7.32. The second-order valence-corrected chi connectivity index (χ2v) is 17.1. The second-order valence-electron chi connectivity index (χ2n) is 12.7. The number of para-hydroxylation sites is 2. The number of hydrogen-bond donors (Lipinski definition) is 0. The summed E-state index contributed by atoms with van der Waals surface area (Å²) >= 11 is 0. The first-order valence-electron chi connectivity index (χ1n) is 16.2. The maximum Gasteiger partial charge on any atom is 0.139 e. The first-order chi connectivity index (χ1) is 22.6. The van der Waals surface area contributed by atoms with Crippen LogP contribution in [0.5, 0.6) is 11.5 Å². The lowest BCUT2D eigenvalue weighted by Gasteiger charge is -2.38. The number of benzene rings is 6. The molecule has 0 saturated carbocycles. The molecule has 0 unspecified atom stereocenters. The monoisotopic (exact) mass is 634 g/mol. The van der Waals surface area contributed by atoms with Crippen molar-refractivity contribution < 1.29 is 4.74 Å². The van der Waals surface area contributed by atoms with Gasteiger partial charge < -0.3 is 4.74 Å². The van der Waals surface area contributed by atoms with Crippen LogP contribution >= 0.6 is 15.8 Å². The topological polar surface area (TPSA) is 9.23 Å². The second kappa shape index (κ2) is 13.8. The standard InChI is InChI=1S/C43H40OP2/c1-43(2)37-25-15-27-39(45(29-33-17-7-3-8-18-33)30-34-19-9-4-10-20-34)41(37)44-42-38(43)26-16-28-40(42)46(31-35-21-11-5-12-22-35)32-36-23-13-6-14-24-36/h3-28H,29-32H2,1-2H3. The molecule has 0 bridgehead atoms. The molecule has 0 aliphatic carbocycles. The van der Waals surface area contributed by atoms with E-state index in [1.807, 2.05) is 0 Å². The Bertz CT molecular complexity index is 1660. The predicted molar refractivity (Wildman–Crippen MR) is 199 cm³/mol. The third-order valence-electron chi connectivity index (χ3n) is 9.09. The van der Waals surface area contributed by atoms with E-state index < -0.39 is 15.8 Å². The van der Waals surface area contributed by atoms with Crippen LogP contribution in [-0.2, 0) is 30.1 Å². The van der Waals surface area contributed by atoms with E-state index in [-0.39, 0.29) is 5.41 Å². The van der Waals surface area contributed by atoms with Gasteiger partial charge in [-0.25, -0.2) is 0 Å². The molecule has 0 saturated heterocycles. The minimum absolute atomic E-state index is 0.185. The van der Waals surface area contributed by atoms with E-state index >= 15 is 0 Å². The molecule has 6 aromatic rings. The van der Waals surface area contributed by atoms with Crippen LogP contribution in [0.1, 0.15) is 47.2 Å². The summed E-state index contributed by atoms with van der Waals surface area (Å²) in [5, 5.41) is 2.73. The van der Waals surface area contributed by atoms with Crippen molar-refractivity contribution in [3.63, 3.8) is 0 Å². The van der Waals surface area contributed by atoms with E-state index in [1.54, 1.807) is 0 Å². The van der Waals surface area contributed by atoms with Crippen LogP contribution < -0.4 is 15.3 Å². The average Bonchev–Trinajstić information content (AvgIpc) is 3.09. The molecule has 3 heteroatoms. The van der Waals surface area contributed by atoms with Crippen LogP contribution in [-0.4, -0.2) is 0 Å². The fourth-order valence-electron chi connectivity index (χ4n) is 6.66. The van der Waals surface area contributed by atoms with Crippen molar-refractivity contribution in [3.8, 4) is 11.5 Å². The van der Waals surface area contributed by atoms with E-state index in [9.17, 15) is 0 Å². The van der Waals surface area contributed by atoms with Gasteiger partial charge in [0.25, 0.3) is 0 Å². The zero-order chi connectivity index (χ0) is 31.3.